The molecule has 0 aromatic heterocycles. The molecule has 0 fully saturated rings. The Bertz CT molecular complexity index is 340. The van der Waals surface area contributed by atoms with Gasteiger partial charge in [0.05, 0.1) is 6.61 Å². The van der Waals surface area contributed by atoms with Crippen LogP contribution in [-0.2, 0) is 19.1 Å². The standard InChI is InChI=1S/C8H16N2O3S.C3H7NO3/c1-5(9)7(11)13-8(12)6(10)3-4-14-2;4-2(1-5)3(6)7/h5-6H,3-4,9-10H2,1-2H3;2,5H,1,4H2,(H,6,7)/t5-,6-;2-/m00/s1. The van der Waals surface area contributed by atoms with E-state index in [9.17, 15) is 14.4 Å². The Hall–Kier alpha value is -1.20. The first kappa shape index (κ1) is 22.1. The van der Waals surface area contributed by atoms with E-state index in [1.807, 2.05) is 6.26 Å². The zero-order valence-electron chi connectivity index (χ0n) is 12.0. The molecule has 0 spiro atoms. The van der Waals surface area contributed by atoms with E-state index in [4.69, 9.17) is 27.4 Å². The van der Waals surface area contributed by atoms with E-state index in [1.165, 1.54) is 6.92 Å². The van der Waals surface area contributed by atoms with Crippen LogP contribution in [-0.4, -0.2) is 64.9 Å². The molecular formula is C11H23N3O6S. The molecule has 0 amide bonds. The molecular weight excluding hydrogens is 302 g/mol. The van der Waals surface area contributed by atoms with E-state index in [1.54, 1.807) is 11.8 Å². The average Bonchev–Trinajstić information content (AvgIpc) is 2.43. The van der Waals surface area contributed by atoms with Crippen LogP contribution in [0.5, 0.6) is 0 Å². The van der Waals surface area contributed by atoms with Crippen molar-refractivity contribution in [3.8, 4) is 0 Å². The van der Waals surface area contributed by atoms with Gasteiger partial charge >= 0.3 is 17.9 Å². The molecule has 124 valence electrons. The number of hydrogen-bond donors (Lipinski definition) is 5. The van der Waals surface area contributed by atoms with Crippen LogP contribution >= 0.6 is 11.8 Å². The summed E-state index contributed by atoms with van der Waals surface area (Å²) in [5.74, 6) is -1.87. The van der Waals surface area contributed by atoms with E-state index in [0.29, 0.717) is 6.42 Å². The molecule has 0 aromatic carbocycles. The summed E-state index contributed by atoms with van der Waals surface area (Å²) in [6.45, 7) is 0.943. The van der Waals surface area contributed by atoms with Crippen LogP contribution in [0.3, 0.4) is 0 Å². The van der Waals surface area contributed by atoms with Crippen molar-refractivity contribution in [1.29, 1.82) is 0 Å². The normalized spacial score (nSPS) is 14.2. The second-order valence-corrected chi connectivity index (χ2v) is 5.03. The van der Waals surface area contributed by atoms with Gasteiger partial charge in [0, 0.05) is 0 Å². The van der Waals surface area contributed by atoms with Gasteiger partial charge in [-0.05, 0) is 25.4 Å². The number of rotatable bonds is 7. The van der Waals surface area contributed by atoms with Crippen LogP contribution < -0.4 is 17.2 Å². The molecule has 0 saturated carbocycles. The largest absolute Gasteiger partial charge is 0.480 e. The number of ether oxygens (including phenoxy) is 1. The van der Waals surface area contributed by atoms with Gasteiger partial charge in [-0.1, -0.05) is 0 Å². The number of carbonyl (C=O) groups excluding carboxylic acids is 2. The minimum absolute atomic E-state index is 0.492. The predicted molar refractivity (Wildman–Crippen MR) is 78.4 cm³/mol. The van der Waals surface area contributed by atoms with Crippen molar-refractivity contribution < 1.29 is 29.3 Å². The summed E-state index contributed by atoms with van der Waals surface area (Å²) in [5.41, 5.74) is 15.4. The first-order valence-electron chi connectivity index (χ1n) is 6.02. The topological polar surface area (TPSA) is 179 Å². The molecule has 0 rings (SSSR count). The van der Waals surface area contributed by atoms with Crippen molar-refractivity contribution in [3.05, 3.63) is 0 Å². The molecule has 21 heavy (non-hydrogen) atoms. The number of carboxylic acid groups (broad SMARTS) is 1. The molecule has 0 radical (unpaired) electrons. The Kier molecular flexibility index (Phi) is 13.2. The number of aliphatic hydroxyl groups excluding tert-OH is 1. The van der Waals surface area contributed by atoms with Crippen molar-refractivity contribution in [2.45, 2.75) is 31.5 Å². The molecule has 0 aliphatic heterocycles. The van der Waals surface area contributed by atoms with Gasteiger partial charge in [-0.25, -0.2) is 9.59 Å². The lowest BCUT2D eigenvalue weighted by Gasteiger charge is -2.10. The number of nitrogens with two attached hydrogens (primary N) is 3. The minimum atomic E-state index is -1.18. The molecule has 8 N–H and O–H groups in total. The summed E-state index contributed by atoms with van der Waals surface area (Å²) < 4.78 is 4.43. The maximum absolute atomic E-state index is 11.1. The van der Waals surface area contributed by atoms with Gasteiger partial charge in [-0.3, -0.25) is 4.79 Å². The van der Waals surface area contributed by atoms with Gasteiger partial charge in [0.25, 0.3) is 0 Å². The summed E-state index contributed by atoms with van der Waals surface area (Å²) in [6, 6.07) is -2.67. The van der Waals surface area contributed by atoms with Gasteiger partial charge in [0.1, 0.15) is 18.1 Å². The predicted octanol–water partition coefficient (Wildman–Crippen LogP) is -2.13. The fourth-order valence-corrected chi connectivity index (χ4v) is 1.20. The highest BCUT2D eigenvalue weighted by Crippen LogP contribution is 2.00. The number of aliphatic hydroxyl groups is 1. The SMILES string of the molecule is CSCC[C@H](N)C(=O)OC(=O)[C@H](C)N.N[C@@H](CO)C(=O)O. The first-order valence-corrected chi connectivity index (χ1v) is 7.41. The van der Waals surface area contributed by atoms with E-state index >= 15 is 0 Å². The van der Waals surface area contributed by atoms with Crippen LogP contribution in [0, 0.1) is 0 Å². The van der Waals surface area contributed by atoms with Gasteiger partial charge in [-0.15, -0.1) is 0 Å². The summed E-state index contributed by atoms with van der Waals surface area (Å²) in [4.78, 5) is 31.7. The lowest BCUT2D eigenvalue weighted by Crippen LogP contribution is -2.38. The molecule has 0 heterocycles. The van der Waals surface area contributed by atoms with Crippen molar-refractivity contribution in [2.24, 2.45) is 17.2 Å². The van der Waals surface area contributed by atoms with E-state index in [2.05, 4.69) is 4.74 Å². The Labute approximate surface area is 127 Å². The van der Waals surface area contributed by atoms with Gasteiger partial charge in [0.2, 0.25) is 0 Å². The average molecular weight is 325 g/mol. The molecule has 0 aliphatic carbocycles. The molecule has 0 aromatic rings. The zero-order chi connectivity index (χ0) is 17.0. The summed E-state index contributed by atoms with van der Waals surface area (Å²) in [7, 11) is 0. The number of aliphatic carboxylic acids is 1. The maximum atomic E-state index is 11.1. The number of hydrogen-bond acceptors (Lipinski definition) is 9. The molecule has 3 atom stereocenters. The lowest BCUT2D eigenvalue weighted by atomic mass is 10.2. The Balaban J connectivity index is 0. The van der Waals surface area contributed by atoms with Crippen molar-refractivity contribution in [2.75, 3.05) is 18.6 Å². The molecule has 0 aliphatic rings. The van der Waals surface area contributed by atoms with Gasteiger partial charge < -0.3 is 32.2 Å². The fraction of sp³-hybridized carbons (Fsp3) is 0.727. The van der Waals surface area contributed by atoms with Crippen LogP contribution in [0.2, 0.25) is 0 Å². The fourth-order valence-electron chi connectivity index (χ4n) is 0.709. The third-order valence-corrected chi connectivity index (χ3v) is 2.67. The highest BCUT2D eigenvalue weighted by atomic mass is 32.2. The molecule has 0 bridgehead atoms. The third-order valence-electron chi connectivity index (χ3n) is 2.02. The molecule has 0 saturated heterocycles. The maximum Gasteiger partial charge on any atom is 0.330 e. The van der Waals surface area contributed by atoms with E-state index in [0.717, 1.165) is 5.75 Å². The van der Waals surface area contributed by atoms with E-state index < -0.39 is 42.6 Å². The Morgan fingerprint density at radius 2 is 1.67 bits per heavy atom. The number of carbonyl (C=O) groups is 3. The van der Waals surface area contributed by atoms with Crippen LogP contribution in [0.25, 0.3) is 0 Å². The lowest BCUT2D eigenvalue weighted by molar-refractivity contribution is -0.161. The third kappa shape index (κ3) is 12.3. The number of carboxylic acids is 1. The van der Waals surface area contributed by atoms with Crippen molar-refractivity contribution >= 4 is 29.7 Å². The summed E-state index contributed by atoms with van der Waals surface area (Å²) in [5, 5.41) is 15.9. The van der Waals surface area contributed by atoms with Gasteiger partial charge in [-0.2, -0.15) is 11.8 Å². The first-order chi connectivity index (χ1) is 9.67. The highest BCUT2D eigenvalue weighted by molar-refractivity contribution is 7.98. The van der Waals surface area contributed by atoms with Crippen LogP contribution in [0.1, 0.15) is 13.3 Å². The van der Waals surface area contributed by atoms with Crippen molar-refractivity contribution in [3.63, 3.8) is 0 Å². The molecule has 10 heteroatoms. The number of esters is 2. The smallest absolute Gasteiger partial charge is 0.330 e. The quantitative estimate of drug-likeness (QED) is 0.256. The zero-order valence-corrected chi connectivity index (χ0v) is 12.8. The van der Waals surface area contributed by atoms with E-state index in [-0.39, 0.29) is 0 Å². The summed E-state index contributed by atoms with van der Waals surface area (Å²) >= 11 is 1.58. The second kappa shape index (κ2) is 12.5. The van der Waals surface area contributed by atoms with Crippen LogP contribution in [0.15, 0.2) is 0 Å². The summed E-state index contributed by atoms with van der Waals surface area (Å²) in [6.07, 6.45) is 2.40. The van der Waals surface area contributed by atoms with Gasteiger partial charge in [0.15, 0.2) is 0 Å². The Morgan fingerprint density at radius 3 is 1.95 bits per heavy atom. The minimum Gasteiger partial charge on any atom is -0.480 e. The highest BCUT2D eigenvalue weighted by Gasteiger charge is 2.20. The monoisotopic (exact) mass is 325 g/mol. The van der Waals surface area contributed by atoms with Crippen LogP contribution in [0.4, 0.5) is 0 Å². The number of thioether (sulfide) groups is 1. The van der Waals surface area contributed by atoms with Crippen molar-refractivity contribution in [1.82, 2.24) is 0 Å². The molecule has 0 unspecified atom stereocenters. The molecule has 9 nitrogen and oxygen atoms in total. The Morgan fingerprint density at radius 1 is 1.14 bits per heavy atom. The second-order valence-electron chi connectivity index (χ2n) is 4.04.